The van der Waals surface area contributed by atoms with Crippen molar-refractivity contribution in [3.05, 3.63) is 35.9 Å². The molecule has 0 heterocycles. The zero-order valence-electron chi connectivity index (χ0n) is 10.9. The van der Waals surface area contributed by atoms with Crippen LogP contribution in [0.3, 0.4) is 0 Å². The van der Waals surface area contributed by atoms with Crippen molar-refractivity contribution < 1.29 is 5.11 Å². The minimum absolute atomic E-state index is 0.223. The molecule has 3 heteroatoms. The van der Waals surface area contributed by atoms with Crippen molar-refractivity contribution in [2.75, 3.05) is 12.9 Å². The highest BCUT2D eigenvalue weighted by molar-refractivity contribution is 7.99. The van der Waals surface area contributed by atoms with Crippen LogP contribution < -0.4 is 5.32 Å². The third-order valence-electron chi connectivity index (χ3n) is 3.11. The molecule has 1 rings (SSSR count). The molecule has 17 heavy (non-hydrogen) atoms. The van der Waals surface area contributed by atoms with Gasteiger partial charge in [-0.3, -0.25) is 0 Å². The van der Waals surface area contributed by atoms with Gasteiger partial charge in [-0.1, -0.05) is 37.3 Å². The van der Waals surface area contributed by atoms with Crippen LogP contribution in [0.1, 0.15) is 31.9 Å². The molecule has 0 aliphatic carbocycles. The summed E-state index contributed by atoms with van der Waals surface area (Å²) in [5.74, 6) is 0. The monoisotopic (exact) mass is 253 g/mol. The smallest absolute Gasteiger partial charge is 0.0564 e. The molecule has 0 saturated carbocycles. The Hall–Kier alpha value is -0.510. The molecule has 2 N–H and O–H groups in total. The molecule has 3 atom stereocenters. The number of aliphatic hydroxyl groups excluding tert-OH is 1. The fourth-order valence-electron chi connectivity index (χ4n) is 2.00. The molecule has 0 aliphatic rings. The van der Waals surface area contributed by atoms with Gasteiger partial charge in [-0.05, 0) is 25.2 Å². The molecule has 0 aliphatic heterocycles. The maximum atomic E-state index is 9.29. The van der Waals surface area contributed by atoms with Crippen LogP contribution >= 0.6 is 11.8 Å². The van der Waals surface area contributed by atoms with Crippen LogP contribution in [0, 0.1) is 0 Å². The Morgan fingerprint density at radius 2 is 1.94 bits per heavy atom. The summed E-state index contributed by atoms with van der Waals surface area (Å²) >= 11 is 1.71. The molecular formula is C14H23NOS. The average molecular weight is 253 g/mol. The van der Waals surface area contributed by atoms with Crippen molar-refractivity contribution in [1.29, 1.82) is 0 Å². The molecule has 1 aromatic carbocycles. The number of benzene rings is 1. The van der Waals surface area contributed by atoms with Crippen LogP contribution in [0.25, 0.3) is 0 Å². The third-order valence-corrected chi connectivity index (χ3v) is 4.28. The van der Waals surface area contributed by atoms with E-state index >= 15 is 0 Å². The number of hydrogen-bond donors (Lipinski definition) is 2. The van der Waals surface area contributed by atoms with Gasteiger partial charge in [-0.25, -0.2) is 0 Å². The highest BCUT2D eigenvalue weighted by atomic mass is 32.2. The molecule has 96 valence electrons. The van der Waals surface area contributed by atoms with Gasteiger partial charge in [-0.2, -0.15) is 11.8 Å². The second-order valence-corrected chi connectivity index (χ2v) is 5.36. The van der Waals surface area contributed by atoms with Crippen molar-refractivity contribution in [3.8, 4) is 0 Å². The van der Waals surface area contributed by atoms with Gasteiger partial charge in [0.05, 0.1) is 6.61 Å². The van der Waals surface area contributed by atoms with E-state index in [2.05, 4.69) is 43.4 Å². The van der Waals surface area contributed by atoms with Crippen LogP contribution in [0.4, 0.5) is 0 Å². The predicted molar refractivity (Wildman–Crippen MR) is 76.5 cm³/mol. The lowest BCUT2D eigenvalue weighted by Crippen LogP contribution is -2.39. The summed E-state index contributed by atoms with van der Waals surface area (Å²) in [7, 11) is 0. The van der Waals surface area contributed by atoms with E-state index in [0.717, 1.165) is 6.42 Å². The van der Waals surface area contributed by atoms with Crippen LogP contribution in [0.5, 0.6) is 0 Å². The summed E-state index contributed by atoms with van der Waals surface area (Å²) in [6, 6.07) is 11.2. The zero-order chi connectivity index (χ0) is 12.7. The first-order chi connectivity index (χ1) is 8.22. The minimum atomic E-state index is 0.223. The molecule has 0 amide bonds. The zero-order valence-corrected chi connectivity index (χ0v) is 11.7. The molecule has 0 radical (unpaired) electrons. The average Bonchev–Trinajstić information content (AvgIpc) is 2.38. The number of aliphatic hydroxyl groups is 1. The Bertz CT molecular complexity index is 300. The van der Waals surface area contributed by atoms with Crippen molar-refractivity contribution in [1.82, 2.24) is 5.32 Å². The van der Waals surface area contributed by atoms with E-state index in [1.807, 2.05) is 12.3 Å². The summed E-state index contributed by atoms with van der Waals surface area (Å²) in [6.07, 6.45) is 3.10. The molecule has 0 saturated heterocycles. The molecule has 0 bridgehead atoms. The topological polar surface area (TPSA) is 32.3 Å². The van der Waals surface area contributed by atoms with Gasteiger partial charge < -0.3 is 10.4 Å². The van der Waals surface area contributed by atoms with Crippen LogP contribution in [0.2, 0.25) is 0 Å². The Kier molecular flexibility index (Phi) is 6.63. The van der Waals surface area contributed by atoms with Crippen molar-refractivity contribution in [2.24, 2.45) is 0 Å². The minimum Gasteiger partial charge on any atom is -0.395 e. The Balaban J connectivity index is 2.64. The van der Waals surface area contributed by atoms with E-state index < -0.39 is 0 Å². The van der Waals surface area contributed by atoms with Crippen LogP contribution in [0.15, 0.2) is 30.3 Å². The Morgan fingerprint density at radius 1 is 1.29 bits per heavy atom. The SMILES string of the molecule is CCC(NC(C)C(CO)SC)c1ccccc1. The standard InChI is InChI=1S/C14H23NOS/c1-4-13(12-8-6-5-7-9-12)15-11(2)14(10-16)17-3/h5-9,11,13-16H,4,10H2,1-3H3. The summed E-state index contributed by atoms with van der Waals surface area (Å²) in [4.78, 5) is 0. The maximum Gasteiger partial charge on any atom is 0.0564 e. The third kappa shape index (κ3) is 4.34. The molecular weight excluding hydrogens is 230 g/mol. The summed E-state index contributed by atoms with van der Waals surface area (Å²) in [5.41, 5.74) is 1.32. The molecule has 2 nitrogen and oxygen atoms in total. The lowest BCUT2D eigenvalue weighted by atomic mass is 10.0. The first-order valence-electron chi connectivity index (χ1n) is 6.17. The highest BCUT2D eigenvalue weighted by Crippen LogP contribution is 2.19. The molecule has 0 aromatic heterocycles. The second kappa shape index (κ2) is 7.75. The van der Waals surface area contributed by atoms with E-state index in [9.17, 15) is 5.11 Å². The van der Waals surface area contributed by atoms with Gasteiger partial charge in [0.15, 0.2) is 0 Å². The lowest BCUT2D eigenvalue weighted by molar-refractivity contribution is 0.269. The van der Waals surface area contributed by atoms with Gasteiger partial charge in [0.1, 0.15) is 0 Å². The van der Waals surface area contributed by atoms with Gasteiger partial charge in [0, 0.05) is 17.3 Å². The number of hydrogen-bond acceptors (Lipinski definition) is 3. The van der Waals surface area contributed by atoms with E-state index in [1.54, 1.807) is 11.8 Å². The highest BCUT2D eigenvalue weighted by Gasteiger charge is 2.18. The van der Waals surface area contributed by atoms with Crippen molar-refractivity contribution in [3.63, 3.8) is 0 Å². The molecule has 3 unspecified atom stereocenters. The van der Waals surface area contributed by atoms with Crippen LogP contribution in [-0.2, 0) is 0 Å². The van der Waals surface area contributed by atoms with Crippen molar-refractivity contribution in [2.45, 2.75) is 37.6 Å². The Labute approximate surface area is 109 Å². The molecule has 0 spiro atoms. The van der Waals surface area contributed by atoms with Gasteiger partial charge in [0.25, 0.3) is 0 Å². The van der Waals surface area contributed by atoms with E-state index in [4.69, 9.17) is 0 Å². The summed E-state index contributed by atoms with van der Waals surface area (Å²) in [5, 5.41) is 13.2. The predicted octanol–water partition coefficient (Wildman–Crippen LogP) is 2.84. The first-order valence-corrected chi connectivity index (χ1v) is 7.46. The van der Waals surface area contributed by atoms with E-state index in [-0.39, 0.29) is 11.9 Å². The van der Waals surface area contributed by atoms with Gasteiger partial charge >= 0.3 is 0 Å². The van der Waals surface area contributed by atoms with Crippen molar-refractivity contribution >= 4 is 11.8 Å². The van der Waals surface area contributed by atoms with Gasteiger partial charge in [0.2, 0.25) is 0 Å². The number of rotatable bonds is 7. The van der Waals surface area contributed by atoms with Gasteiger partial charge in [-0.15, -0.1) is 0 Å². The molecule has 0 fully saturated rings. The molecule has 1 aromatic rings. The number of thioether (sulfide) groups is 1. The summed E-state index contributed by atoms with van der Waals surface area (Å²) in [6.45, 7) is 4.55. The maximum absolute atomic E-state index is 9.29. The van der Waals surface area contributed by atoms with E-state index in [0.29, 0.717) is 12.1 Å². The van der Waals surface area contributed by atoms with Crippen LogP contribution in [-0.4, -0.2) is 29.3 Å². The number of nitrogens with one attached hydrogen (secondary N) is 1. The Morgan fingerprint density at radius 3 is 2.41 bits per heavy atom. The normalized spacial score (nSPS) is 16.5. The summed E-state index contributed by atoms with van der Waals surface area (Å²) < 4.78 is 0. The lowest BCUT2D eigenvalue weighted by Gasteiger charge is -2.27. The largest absolute Gasteiger partial charge is 0.395 e. The van der Waals surface area contributed by atoms with E-state index in [1.165, 1.54) is 5.56 Å². The fourth-order valence-corrected chi connectivity index (χ4v) is 2.63. The first kappa shape index (κ1) is 14.6. The fraction of sp³-hybridized carbons (Fsp3) is 0.571. The quantitative estimate of drug-likeness (QED) is 0.784. The second-order valence-electron chi connectivity index (χ2n) is 4.28.